The van der Waals surface area contributed by atoms with Crippen LogP contribution in [0.15, 0.2) is 23.4 Å². The van der Waals surface area contributed by atoms with Gasteiger partial charge in [-0.3, -0.25) is 4.79 Å². The smallest absolute Gasteiger partial charge is 0.253 e. The maximum absolute atomic E-state index is 12.3. The highest BCUT2D eigenvalue weighted by atomic mass is 32.2. The Morgan fingerprint density at radius 2 is 2.32 bits per heavy atom. The van der Waals surface area contributed by atoms with Crippen molar-refractivity contribution in [3.63, 3.8) is 0 Å². The molecule has 0 spiro atoms. The van der Waals surface area contributed by atoms with Crippen LogP contribution in [0.25, 0.3) is 0 Å². The van der Waals surface area contributed by atoms with Crippen LogP contribution in [0, 0.1) is 0 Å². The van der Waals surface area contributed by atoms with E-state index in [-0.39, 0.29) is 11.9 Å². The lowest BCUT2D eigenvalue weighted by Gasteiger charge is -2.14. The number of carbonyl (C=O) groups is 1. The molecule has 0 saturated carbocycles. The zero-order valence-electron chi connectivity index (χ0n) is 12.7. The van der Waals surface area contributed by atoms with E-state index >= 15 is 0 Å². The molecule has 1 aliphatic rings. The lowest BCUT2D eigenvalue weighted by Crippen LogP contribution is -2.28. The molecule has 0 aliphatic carbocycles. The molecular formula is C15H19N5OS. The molecule has 2 aromatic heterocycles. The third-order valence-corrected chi connectivity index (χ3v) is 4.49. The van der Waals surface area contributed by atoms with E-state index in [4.69, 9.17) is 0 Å². The first-order valence-corrected chi connectivity index (χ1v) is 8.49. The van der Waals surface area contributed by atoms with Crippen LogP contribution < -0.4 is 5.32 Å². The summed E-state index contributed by atoms with van der Waals surface area (Å²) in [6, 6.07) is 3.51. The van der Waals surface area contributed by atoms with Crippen LogP contribution in [-0.2, 0) is 13.0 Å². The zero-order valence-corrected chi connectivity index (χ0v) is 13.6. The van der Waals surface area contributed by atoms with Gasteiger partial charge in [0.15, 0.2) is 5.82 Å². The zero-order chi connectivity index (χ0) is 15.5. The molecule has 6 nitrogen and oxygen atoms in total. The van der Waals surface area contributed by atoms with Gasteiger partial charge in [0.2, 0.25) is 0 Å². The predicted octanol–water partition coefficient (Wildman–Crippen LogP) is 2.22. The Kier molecular flexibility index (Phi) is 4.42. The number of nitrogens with one attached hydrogen (secondary N) is 1. The van der Waals surface area contributed by atoms with Gasteiger partial charge in [-0.1, -0.05) is 6.92 Å². The monoisotopic (exact) mass is 317 g/mol. The second-order valence-electron chi connectivity index (χ2n) is 5.24. The van der Waals surface area contributed by atoms with E-state index in [1.165, 1.54) is 0 Å². The second-order valence-corrected chi connectivity index (χ2v) is 6.53. The minimum atomic E-state index is -0.170. The number of fused-ring (bicyclic) bond motifs is 1. The standard InChI is InChI=1S/C15H19N5OS/c1-3-22-13-7-6-11(9-16-13)15(21)17-10(2)14-19-18-12-5-4-8-20(12)14/h6-7,9-10H,3-5,8H2,1-2H3,(H,17,21)/t10-/m0/s1. The van der Waals surface area contributed by atoms with E-state index in [9.17, 15) is 4.79 Å². The molecule has 22 heavy (non-hydrogen) atoms. The largest absolute Gasteiger partial charge is 0.342 e. The molecule has 1 N–H and O–H groups in total. The second kappa shape index (κ2) is 6.48. The molecule has 3 rings (SSSR count). The fourth-order valence-electron chi connectivity index (χ4n) is 2.59. The molecule has 0 bridgehead atoms. The van der Waals surface area contributed by atoms with E-state index in [1.54, 1.807) is 24.0 Å². The third kappa shape index (κ3) is 2.99. The number of hydrogen-bond acceptors (Lipinski definition) is 5. The van der Waals surface area contributed by atoms with Crippen LogP contribution >= 0.6 is 11.8 Å². The number of aromatic nitrogens is 4. The summed E-state index contributed by atoms with van der Waals surface area (Å²) >= 11 is 1.66. The Labute approximate surface area is 133 Å². The number of hydrogen-bond donors (Lipinski definition) is 1. The molecule has 0 saturated heterocycles. The van der Waals surface area contributed by atoms with Crippen LogP contribution in [0.3, 0.4) is 0 Å². The number of pyridine rings is 1. The van der Waals surface area contributed by atoms with Crippen molar-refractivity contribution in [3.05, 3.63) is 35.5 Å². The third-order valence-electron chi connectivity index (χ3n) is 3.66. The number of thioether (sulfide) groups is 1. The topological polar surface area (TPSA) is 72.7 Å². The van der Waals surface area contributed by atoms with E-state index in [1.807, 2.05) is 13.0 Å². The summed E-state index contributed by atoms with van der Waals surface area (Å²) in [6.07, 6.45) is 3.68. The maximum atomic E-state index is 12.3. The van der Waals surface area contributed by atoms with Gasteiger partial charge in [0.05, 0.1) is 16.6 Å². The number of aryl methyl sites for hydroxylation is 1. The Bertz CT molecular complexity index is 667. The molecule has 0 aromatic carbocycles. The highest BCUT2D eigenvalue weighted by molar-refractivity contribution is 7.99. The van der Waals surface area contributed by atoms with Gasteiger partial charge in [0.1, 0.15) is 5.82 Å². The molecule has 0 radical (unpaired) electrons. The molecule has 1 atom stereocenters. The summed E-state index contributed by atoms with van der Waals surface area (Å²) < 4.78 is 2.10. The minimum Gasteiger partial charge on any atom is -0.342 e. The summed E-state index contributed by atoms with van der Waals surface area (Å²) in [7, 11) is 0. The van der Waals surface area contributed by atoms with Crippen LogP contribution in [0.5, 0.6) is 0 Å². The van der Waals surface area contributed by atoms with Crippen LogP contribution in [0.4, 0.5) is 0 Å². The summed E-state index contributed by atoms with van der Waals surface area (Å²) in [5.74, 6) is 2.67. The van der Waals surface area contributed by atoms with Crippen molar-refractivity contribution in [1.29, 1.82) is 0 Å². The van der Waals surface area contributed by atoms with Gasteiger partial charge in [0, 0.05) is 19.2 Å². The first-order chi connectivity index (χ1) is 10.7. The fraction of sp³-hybridized carbons (Fsp3) is 0.467. The van der Waals surface area contributed by atoms with Crippen LogP contribution in [0.1, 0.15) is 48.3 Å². The molecule has 0 fully saturated rings. The quantitative estimate of drug-likeness (QED) is 0.856. The summed E-state index contributed by atoms with van der Waals surface area (Å²) in [5.41, 5.74) is 0.563. The van der Waals surface area contributed by atoms with Crippen LogP contribution in [-0.4, -0.2) is 31.4 Å². The Morgan fingerprint density at radius 1 is 1.45 bits per heavy atom. The van der Waals surface area contributed by atoms with Crippen molar-refractivity contribution < 1.29 is 4.79 Å². The molecule has 0 unspecified atom stereocenters. The average Bonchev–Trinajstić information content (AvgIpc) is 3.10. The van der Waals surface area contributed by atoms with Gasteiger partial charge in [-0.15, -0.1) is 22.0 Å². The van der Waals surface area contributed by atoms with Crippen LogP contribution in [0.2, 0.25) is 0 Å². The van der Waals surface area contributed by atoms with Gasteiger partial charge in [-0.05, 0) is 31.2 Å². The summed E-state index contributed by atoms with van der Waals surface area (Å²) in [4.78, 5) is 16.6. The van der Waals surface area contributed by atoms with Gasteiger partial charge in [-0.25, -0.2) is 4.98 Å². The molecule has 3 heterocycles. The van der Waals surface area contributed by atoms with Gasteiger partial charge in [0.25, 0.3) is 5.91 Å². The van der Waals surface area contributed by atoms with Crippen molar-refractivity contribution in [2.24, 2.45) is 0 Å². The van der Waals surface area contributed by atoms with Crippen molar-refractivity contribution in [2.75, 3.05) is 5.75 Å². The number of nitrogens with zero attached hydrogens (tertiary/aromatic N) is 4. The van der Waals surface area contributed by atoms with E-state index in [0.717, 1.165) is 41.8 Å². The van der Waals surface area contributed by atoms with Crippen molar-refractivity contribution >= 4 is 17.7 Å². The lowest BCUT2D eigenvalue weighted by molar-refractivity contribution is 0.0937. The van der Waals surface area contributed by atoms with E-state index in [2.05, 4.69) is 32.0 Å². The summed E-state index contributed by atoms with van der Waals surface area (Å²) in [5, 5.41) is 12.3. The van der Waals surface area contributed by atoms with E-state index in [0.29, 0.717) is 5.56 Å². The molecule has 116 valence electrons. The van der Waals surface area contributed by atoms with Gasteiger partial charge < -0.3 is 9.88 Å². The normalized spacial score (nSPS) is 14.6. The SMILES string of the molecule is CCSc1ccc(C(=O)N[C@@H](C)c2nnc3n2CCC3)cn1. The Morgan fingerprint density at radius 3 is 3.05 bits per heavy atom. The highest BCUT2D eigenvalue weighted by Crippen LogP contribution is 2.19. The lowest BCUT2D eigenvalue weighted by atomic mass is 10.2. The van der Waals surface area contributed by atoms with Crippen molar-refractivity contribution in [3.8, 4) is 0 Å². The molecule has 1 aliphatic heterocycles. The Hall–Kier alpha value is -1.89. The number of rotatable bonds is 5. The van der Waals surface area contributed by atoms with Crippen molar-refractivity contribution in [2.45, 2.75) is 44.3 Å². The minimum absolute atomic E-state index is 0.136. The number of carbonyl (C=O) groups excluding carboxylic acids is 1. The predicted molar refractivity (Wildman–Crippen MR) is 84.9 cm³/mol. The summed E-state index contributed by atoms with van der Waals surface area (Å²) in [6.45, 7) is 4.94. The maximum Gasteiger partial charge on any atom is 0.253 e. The first kappa shape index (κ1) is 15.0. The molecule has 1 amide bonds. The molecule has 7 heteroatoms. The van der Waals surface area contributed by atoms with Gasteiger partial charge in [-0.2, -0.15) is 0 Å². The average molecular weight is 317 g/mol. The number of amides is 1. The molecular weight excluding hydrogens is 298 g/mol. The molecule has 2 aromatic rings. The highest BCUT2D eigenvalue weighted by Gasteiger charge is 2.22. The van der Waals surface area contributed by atoms with E-state index < -0.39 is 0 Å². The van der Waals surface area contributed by atoms with Gasteiger partial charge >= 0.3 is 0 Å². The first-order valence-electron chi connectivity index (χ1n) is 7.50. The fourth-order valence-corrected chi connectivity index (χ4v) is 3.17. The van der Waals surface area contributed by atoms with Crippen molar-refractivity contribution in [1.82, 2.24) is 25.1 Å². The Balaban J connectivity index is 1.68.